The molecule has 0 saturated heterocycles. The Morgan fingerprint density at radius 3 is 1.17 bits per heavy atom. The molecule has 0 unspecified atom stereocenters. The quantitative estimate of drug-likeness (QED) is 0.0924. The molecular weight excluding hydrogens is 809 g/mol. The molecule has 0 aromatic heterocycles. The molecular formula is C42H30Cl2F6SiZr. The summed E-state index contributed by atoms with van der Waals surface area (Å²) < 4.78 is 77.8. The van der Waals surface area contributed by atoms with Gasteiger partial charge in [-0.1, -0.05) is 109 Å². The second kappa shape index (κ2) is 17.4. The first kappa shape index (κ1) is 39.5. The van der Waals surface area contributed by atoms with Crippen LogP contribution in [0, 0.1) is 0 Å². The van der Waals surface area contributed by atoms with Gasteiger partial charge in [0.15, 0.2) is 0 Å². The SMILES string of the molecule is C[Si]C.FC(F)(F)c1cc2c(-c3ccc4ccccc4c3)cccc2[cH-]1.FC(F)(F)c1cc2c(-c3ccc4ccccc4c3)cccc2[cH-]1.[Cl][Zr+2][Cl]. The minimum atomic E-state index is -4.32. The number of fused-ring (bicyclic) bond motifs is 4. The summed E-state index contributed by atoms with van der Waals surface area (Å²) in [5.41, 5.74) is 2.30. The van der Waals surface area contributed by atoms with Crippen molar-refractivity contribution in [3.05, 3.63) is 157 Å². The summed E-state index contributed by atoms with van der Waals surface area (Å²) in [6, 6.07) is 43.5. The zero-order valence-electron chi connectivity index (χ0n) is 27.9. The van der Waals surface area contributed by atoms with Crippen LogP contribution in [-0.4, -0.2) is 9.52 Å². The van der Waals surface area contributed by atoms with E-state index in [1.54, 1.807) is 24.3 Å². The van der Waals surface area contributed by atoms with E-state index in [1.165, 1.54) is 24.3 Å². The molecule has 0 spiro atoms. The van der Waals surface area contributed by atoms with Crippen LogP contribution in [0.4, 0.5) is 26.3 Å². The molecule has 10 heteroatoms. The van der Waals surface area contributed by atoms with Crippen molar-refractivity contribution in [1.29, 1.82) is 0 Å². The molecule has 0 aliphatic heterocycles. The number of hydrogen-bond acceptors (Lipinski definition) is 0. The van der Waals surface area contributed by atoms with Crippen molar-refractivity contribution in [3.8, 4) is 22.3 Å². The first-order valence-electron chi connectivity index (χ1n) is 15.9. The van der Waals surface area contributed by atoms with Crippen molar-refractivity contribution in [2.75, 3.05) is 0 Å². The van der Waals surface area contributed by atoms with Crippen molar-refractivity contribution >= 4 is 69.6 Å². The molecule has 52 heavy (non-hydrogen) atoms. The van der Waals surface area contributed by atoms with E-state index in [9.17, 15) is 26.3 Å². The van der Waals surface area contributed by atoms with Crippen LogP contribution < -0.4 is 0 Å². The molecule has 0 saturated carbocycles. The molecule has 0 aliphatic rings. The average Bonchev–Trinajstić information content (AvgIpc) is 3.78. The molecule has 0 bridgehead atoms. The Morgan fingerprint density at radius 1 is 0.481 bits per heavy atom. The summed E-state index contributed by atoms with van der Waals surface area (Å²) >= 11 is -0.826. The molecule has 2 radical (unpaired) electrons. The fourth-order valence-electron chi connectivity index (χ4n) is 6.01. The van der Waals surface area contributed by atoms with Crippen molar-refractivity contribution in [2.24, 2.45) is 0 Å². The van der Waals surface area contributed by atoms with E-state index in [0.717, 1.165) is 53.3 Å². The topological polar surface area (TPSA) is 0 Å². The van der Waals surface area contributed by atoms with Gasteiger partial charge in [0.2, 0.25) is 0 Å². The van der Waals surface area contributed by atoms with E-state index in [1.807, 2.05) is 97.1 Å². The van der Waals surface area contributed by atoms with Crippen molar-refractivity contribution in [3.63, 3.8) is 0 Å². The Bertz CT molecular complexity index is 2240. The summed E-state index contributed by atoms with van der Waals surface area (Å²) in [6.07, 6.45) is -8.64. The van der Waals surface area contributed by atoms with Crippen LogP contribution >= 0.6 is 17.0 Å². The van der Waals surface area contributed by atoms with E-state index in [4.69, 9.17) is 17.0 Å². The molecule has 8 aromatic rings. The monoisotopic (exact) mass is 836 g/mol. The number of hydrogen-bond donors (Lipinski definition) is 0. The molecule has 0 atom stereocenters. The third kappa shape index (κ3) is 9.45. The Labute approximate surface area is 319 Å². The van der Waals surface area contributed by atoms with Crippen molar-refractivity contribution in [1.82, 2.24) is 0 Å². The van der Waals surface area contributed by atoms with Gasteiger partial charge in [-0.05, 0) is 55.9 Å². The van der Waals surface area contributed by atoms with Crippen LogP contribution in [0.15, 0.2) is 146 Å². The second-order valence-corrected chi connectivity index (χ2v) is 16.5. The fraction of sp³-hybridized carbons (Fsp3) is 0.0952. The maximum absolute atomic E-state index is 13.0. The summed E-state index contributed by atoms with van der Waals surface area (Å²) in [5.74, 6) is 0. The zero-order chi connectivity index (χ0) is 37.5. The van der Waals surface area contributed by atoms with Crippen molar-refractivity contribution in [2.45, 2.75) is 25.4 Å². The second-order valence-electron chi connectivity index (χ2n) is 11.8. The molecule has 8 rings (SSSR count). The normalized spacial score (nSPS) is 11.3. The van der Waals surface area contributed by atoms with Gasteiger partial charge in [-0.15, -0.1) is 57.9 Å². The summed E-state index contributed by atoms with van der Waals surface area (Å²) in [4.78, 5) is 0. The minimum absolute atomic E-state index is 0.597. The van der Waals surface area contributed by atoms with Crippen molar-refractivity contribution < 1.29 is 47.2 Å². The molecule has 0 amide bonds. The van der Waals surface area contributed by atoms with Gasteiger partial charge in [0, 0.05) is 9.52 Å². The standard InChI is InChI=1S/2C20H12F3.C2H6Si.2ClH.Zr/c2*21-20(22,23)17-11-15-6-3-7-18(19(15)12-17)16-9-8-13-4-1-2-5-14(13)10-16;1-3-2;;;/h2*1-12H;1-2H3;2*1H;/q2*-1;;;;+4/p-2. The Morgan fingerprint density at radius 2 is 0.827 bits per heavy atom. The molecule has 8 aromatic carbocycles. The average molecular weight is 839 g/mol. The third-order valence-electron chi connectivity index (χ3n) is 8.28. The van der Waals surface area contributed by atoms with Gasteiger partial charge in [0.25, 0.3) is 0 Å². The van der Waals surface area contributed by atoms with Gasteiger partial charge in [-0.2, -0.15) is 38.5 Å². The molecule has 0 N–H and O–H groups in total. The predicted molar refractivity (Wildman–Crippen MR) is 204 cm³/mol. The maximum atomic E-state index is 13.0. The van der Waals surface area contributed by atoms with Crippen LogP contribution in [0.5, 0.6) is 0 Å². The Hall–Kier alpha value is -3.68. The van der Waals surface area contributed by atoms with Crippen LogP contribution in [0.25, 0.3) is 65.3 Å². The Balaban J connectivity index is 0.000000175. The van der Waals surface area contributed by atoms with Gasteiger partial charge in [-0.3, -0.25) is 0 Å². The number of benzene rings is 6. The van der Waals surface area contributed by atoms with Crippen LogP contribution in [-0.2, 0) is 33.2 Å². The summed E-state index contributed by atoms with van der Waals surface area (Å²) in [6.45, 7) is 4.31. The van der Waals surface area contributed by atoms with Gasteiger partial charge >= 0.3 is 50.2 Å². The van der Waals surface area contributed by atoms with Gasteiger partial charge in [0.1, 0.15) is 0 Å². The molecule has 0 fully saturated rings. The first-order valence-corrected chi connectivity index (χ1v) is 24.3. The third-order valence-corrected chi connectivity index (χ3v) is 8.28. The van der Waals surface area contributed by atoms with E-state index < -0.39 is 44.3 Å². The summed E-state index contributed by atoms with van der Waals surface area (Å²) in [7, 11) is 11.0. The van der Waals surface area contributed by atoms with Crippen LogP contribution in [0.2, 0.25) is 13.1 Å². The number of halogens is 8. The zero-order valence-corrected chi connectivity index (χ0v) is 32.9. The molecule has 262 valence electrons. The molecule has 0 nitrogen and oxygen atoms in total. The fourth-order valence-corrected chi connectivity index (χ4v) is 6.01. The van der Waals surface area contributed by atoms with Crippen LogP contribution in [0.1, 0.15) is 11.1 Å². The predicted octanol–water partition coefficient (Wildman–Crippen LogP) is 15.0. The van der Waals surface area contributed by atoms with E-state index in [2.05, 4.69) is 13.1 Å². The van der Waals surface area contributed by atoms with E-state index >= 15 is 0 Å². The first-order chi connectivity index (χ1) is 24.9. The van der Waals surface area contributed by atoms with E-state index in [-0.39, 0.29) is 0 Å². The van der Waals surface area contributed by atoms with Gasteiger partial charge < -0.3 is 0 Å². The van der Waals surface area contributed by atoms with E-state index in [0.29, 0.717) is 21.5 Å². The number of alkyl halides is 6. The van der Waals surface area contributed by atoms with Gasteiger partial charge in [-0.25, -0.2) is 0 Å². The Kier molecular flexibility index (Phi) is 13.2. The summed E-state index contributed by atoms with van der Waals surface area (Å²) in [5, 5.41) is 6.87. The van der Waals surface area contributed by atoms with Crippen LogP contribution in [0.3, 0.4) is 0 Å². The number of rotatable bonds is 2. The van der Waals surface area contributed by atoms with Gasteiger partial charge in [0.05, 0.1) is 0 Å². The molecule has 0 heterocycles. The molecule has 0 aliphatic carbocycles.